The number of carbonyl (C=O) groups is 1. The third-order valence-corrected chi connectivity index (χ3v) is 4.69. The summed E-state index contributed by atoms with van der Waals surface area (Å²) in [7, 11) is -3.08. The van der Waals surface area contributed by atoms with Crippen LogP contribution in [0.3, 0.4) is 0 Å². The number of nitrogens with one attached hydrogen (secondary N) is 1. The van der Waals surface area contributed by atoms with Gasteiger partial charge >= 0.3 is 0 Å². The maximum Gasteiger partial charge on any atom is 0.244 e. The maximum atomic E-state index is 12.0. The number of hydrogen-bond acceptors (Lipinski definition) is 4. The smallest absolute Gasteiger partial charge is 0.244 e. The van der Waals surface area contributed by atoms with Crippen molar-refractivity contribution in [1.29, 1.82) is 0 Å². The highest BCUT2D eigenvalue weighted by Crippen LogP contribution is 2.17. The lowest BCUT2D eigenvalue weighted by Gasteiger charge is -2.24. The molecule has 0 radical (unpaired) electrons. The fraction of sp³-hybridized carbons (Fsp3) is 0.462. The maximum absolute atomic E-state index is 12.0. The Balaban J connectivity index is 0.00000361. The van der Waals surface area contributed by atoms with Gasteiger partial charge in [-0.2, -0.15) is 0 Å². The molecule has 7 heteroatoms. The molecule has 0 spiro atoms. The zero-order valence-electron chi connectivity index (χ0n) is 11.6. The van der Waals surface area contributed by atoms with E-state index < -0.39 is 15.4 Å². The van der Waals surface area contributed by atoms with Gasteiger partial charge in [0.05, 0.1) is 5.75 Å². The van der Waals surface area contributed by atoms with Crippen LogP contribution in [0.1, 0.15) is 19.4 Å². The lowest BCUT2D eigenvalue weighted by molar-refractivity contribution is -0.125. The number of nitrogens with two attached hydrogens (primary N) is 1. The molecule has 0 aliphatic carbocycles. The number of hydrogen-bond donors (Lipinski definition) is 2. The van der Waals surface area contributed by atoms with Gasteiger partial charge in [-0.25, -0.2) is 8.42 Å². The Kier molecular flexibility index (Phi) is 7.19. The summed E-state index contributed by atoms with van der Waals surface area (Å²) in [5, 5.41) is 2.57. The molecule has 5 nitrogen and oxygen atoms in total. The number of rotatable bonds is 6. The number of carbonyl (C=O) groups excluding carboxylic acids is 1. The van der Waals surface area contributed by atoms with Crippen LogP contribution >= 0.6 is 12.4 Å². The summed E-state index contributed by atoms with van der Waals surface area (Å²) in [5.74, 6) is -0.383. The van der Waals surface area contributed by atoms with Gasteiger partial charge in [0.1, 0.15) is 5.54 Å². The summed E-state index contributed by atoms with van der Waals surface area (Å²) in [6.45, 7) is 3.26. The summed E-state index contributed by atoms with van der Waals surface area (Å²) >= 11 is 0. The molecular weight excluding hydrogens is 300 g/mol. The minimum Gasteiger partial charge on any atom is -0.353 e. The van der Waals surface area contributed by atoms with Crippen LogP contribution < -0.4 is 11.1 Å². The summed E-state index contributed by atoms with van der Waals surface area (Å²) in [5.41, 5.74) is 5.52. The molecule has 1 amide bonds. The van der Waals surface area contributed by atoms with Gasteiger partial charge < -0.3 is 11.1 Å². The second-order valence-corrected chi connectivity index (χ2v) is 7.03. The van der Waals surface area contributed by atoms with Gasteiger partial charge in [-0.05, 0) is 12.5 Å². The molecule has 0 aromatic heterocycles. The molecule has 20 heavy (non-hydrogen) atoms. The molecule has 0 bridgehead atoms. The normalized spacial score (nSPS) is 13.9. The van der Waals surface area contributed by atoms with E-state index in [1.807, 2.05) is 6.07 Å². The Morgan fingerprint density at radius 2 is 1.85 bits per heavy atom. The van der Waals surface area contributed by atoms with Crippen molar-refractivity contribution in [2.45, 2.75) is 19.4 Å². The predicted octanol–water partition coefficient (Wildman–Crippen LogP) is 0.833. The zero-order valence-corrected chi connectivity index (χ0v) is 13.3. The van der Waals surface area contributed by atoms with Crippen molar-refractivity contribution in [3.05, 3.63) is 35.9 Å². The van der Waals surface area contributed by atoms with E-state index in [0.29, 0.717) is 5.56 Å². The SMILES string of the molecule is CCS(=O)(=O)CCNC(=O)C(C)(N)c1ccccc1.Cl. The van der Waals surface area contributed by atoms with Crippen LogP contribution in [0.2, 0.25) is 0 Å². The van der Waals surface area contributed by atoms with Crippen LogP contribution in [0.15, 0.2) is 30.3 Å². The number of amides is 1. The first-order chi connectivity index (χ1) is 8.79. The summed E-state index contributed by atoms with van der Waals surface area (Å²) in [4.78, 5) is 12.0. The van der Waals surface area contributed by atoms with Crippen LogP contribution in [0.4, 0.5) is 0 Å². The average Bonchev–Trinajstić information content (AvgIpc) is 2.39. The Morgan fingerprint density at radius 1 is 1.30 bits per heavy atom. The van der Waals surface area contributed by atoms with Gasteiger partial charge in [0.2, 0.25) is 5.91 Å². The highest BCUT2D eigenvalue weighted by atomic mass is 35.5. The second kappa shape index (κ2) is 7.61. The highest BCUT2D eigenvalue weighted by molar-refractivity contribution is 7.91. The van der Waals surface area contributed by atoms with E-state index in [0.717, 1.165) is 0 Å². The Hall–Kier alpha value is -1.11. The van der Waals surface area contributed by atoms with E-state index in [2.05, 4.69) is 5.32 Å². The zero-order chi connectivity index (χ0) is 14.5. The fourth-order valence-electron chi connectivity index (χ4n) is 1.56. The van der Waals surface area contributed by atoms with Crippen molar-refractivity contribution in [3.63, 3.8) is 0 Å². The van der Waals surface area contributed by atoms with E-state index in [-0.39, 0.29) is 36.4 Å². The molecule has 0 aliphatic rings. The largest absolute Gasteiger partial charge is 0.353 e. The number of benzene rings is 1. The molecule has 0 saturated heterocycles. The molecule has 0 aliphatic heterocycles. The van der Waals surface area contributed by atoms with E-state index >= 15 is 0 Å². The number of sulfone groups is 1. The van der Waals surface area contributed by atoms with Crippen molar-refractivity contribution in [3.8, 4) is 0 Å². The molecule has 1 rings (SSSR count). The van der Waals surface area contributed by atoms with Gasteiger partial charge in [0, 0.05) is 12.3 Å². The molecule has 1 unspecified atom stereocenters. The van der Waals surface area contributed by atoms with Crippen LogP contribution in [0, 0.1) is 0 Å². The van der Waals surface area contributed by atoms with Crippen LogP contribution in [-0.2, 0) is 20.2 Å². The summed E-state index contributed by atoms with van der Waals surface area (Å²) in [6.07, 6.45) is 0. The Labute approximate surface area is 126 Å². The van der Waals surface area contributed by atoms with Crippen molar-refractivity contribution < 1.29 is 13.2 Å². The lowest BCUT2D eigenvalue weighted by atomic mass is 9.92. The molecular formula is C13H21ClN2O3S. The van der Waals surface area contributed by atoms with Gasteiger partial charge in [-0.15, -0.1) is 12.4 Å². The van der Waals surface area contributed by atoms with Crippen molar-refractivity contribution in [2.75, 3.05) is 18.1 Å². The Bertz CT molecular complexity index is 530. The van der Waals surface area contributed by atoms with E-state index in [1.165, 1.54) is 0 Å². The van der Waals surface area contributed by atoms with Crippen LogP contribution in [-0.4, -0.2) is 32.4 Å². The molecule has 1 aromatic carbocycles. The first-order valence-corrected chi connectivity index (χ1v) is 7.95. The standard InChI is InChI=1S/C13H20N2O3S.ClH/c1-3-19(17,18)10-9-15-12(16)13(2,14)11-7-5-4-6-8-11;/h4-8H,3,9-10,14H2,1-2H3,(H,15,16);1H. The van der Waals surface area contributed by atoms with Gasteiger partial charge in [0.15, 0.2) is 9.84 Å². The van der Waals surface area contributed by atoms with E-state index in [9.17, 15) is 13.2 Å². The first kappa shape index (κ1) is 18.9. The third-order valence-electron chi connectivity index (χ3n) is 2.98. The highest BCUT2D eigenvalue weighted by Gasteiger charge is 2.30. The summed E-state index contributed by atoms with van der Waals surface area (Å²) < 4.78 is 22.6. The molecule has 0 heterocycles. The van der Waals surface area contributed by atoms with E-state index in [4.69, 9.17) is 5.73 Å². The Morgan fingerprint density at radius 3 is 2.35 bits per heavy atom. The van der Waals surface area contributed by atoms with Crippen molar-refractivity contribution in [2.24, 2.45) is 5.73 Å². The minimum absolute atomic E-state index is 0. The molecule has 114 valence electrons. The van der Waals surface area contributed by atoms with Crippen molar-refractivity contribution >= 4 is 28.2 Å². The van der Waals surface area contributed by atoms with Gasteiger partial charge in [-0.3, -0.25) is 4.79 Å². The quantitative estimate of drug-likeness (QED) is 0.812. The average molecular weight is 321 g/mol. The monoisotopic (exact) mass is 320 g/mol. The summed E-state index contributed by atoms with van der Waals surface area (Å²) in [6, 6.07) is 8.97. The van der Waals surface area contributed by atoms with Crippen molar-refractivity contribution in [1.82, 2.24) is 5.32 Å². The van der Waals surface area contributed by atoms with E-state index in [1.54, 1.807) is 38.1 Å². The second-order valence-electron chi connectivity index (χ2n) is 4.56. The fourth-order valence-corrected chi connectivity index (χ4v) is 2.27. The van der Waals surface area contributed by atoms with Gasteiger partial charge in [-0.1, -0.05) is 37.3 Å². The van der Waals surface area contributed by atoms with Crippen LogP contribution in [0.25, 0.3) is 0 Å². The lowest BCUT2D eigenvalue weighted by Crippen LogP contribution is -2.49. The molecule has 0 fully saturated rings. The predicted molar refractivity (Wildman–Crippen MR) is 82.6 cm³/mol. The topological polar surface area (TPSA) is 89.3 Å². The molecule has 1 atom stereocenters. The molecule has 3 N–H and O–H groups in total. The minimum atomic E-state index is -3.08. The first-order valence-electron chi connectivity index (χ1n) is 6.12. The number of halogens is 1. The third kappa shape index (κ3) is 5.11. The van der Waals surface area contributed by atoms with Gasteiger partial charge in [0.25, 0.3) is 0 Å². The molecule has 1 aromatic rings. The van der Waals surface area contributed by atoms with Crippen LogP contribution in [0.5, 0.6) is 0 Å². The molecule has 0 saturated carbocycles.